The predicted octanol–water partition coefficient (Wildman–Crippen LogP) is 2.30. The van der Waals surface area contributed by atoms with Crippen LogP contribution in [0.25, 0.3) is 10.9 Å². The van der Waals surface area contributed by atoms with E-state index in [9.17, 15) is 14.4 Å². The molecule has 0 spiro atoms. The van der Waals surface area contributed by atoms with Crippen molar-refractivity contribution in [2.75, 3.05) is 19.6 Å². The van der Waals surface area contributed by atoms with Crippen molar-refractivity contribution in [3.63, 3.8) is 0 Å². The lowest BCUT2D eigenvalue weighted by Crippen LogP contribution is -2.48. The Bertz CT molecular complexity index is 920. The maximum atomic E-state index is 12.5. The smallest absolute Gasteiger partial charge is 0.257 e. The van der Waals surface area contributed by atoms with E-state index in [2.05, 4.69) is 10.3 Å². The average molecular weight is 367 g/mol. The number of likely N-dealkylation sites (tertiary alicyclic amines) is 1. The number of hydrogen-bond donors (Lipinski definition) is 2. The fourth-order valence-corrected chi connectivity index (χ4v) is 4.53. The number of H-pyrrole nitrogens is 1. The molecular formula is C21H25N3O3. The van der Waals surface area contributed by atoms with Crippen LogP contribution < -0.4 is 10.7 Å². The van der Waals surface area contributed by atoms with Crippen LogP contribution in [0.5, 0.6) is 0 Å². The Balaban J connectivity index is 1.38. The molecular weight excluding hydrogens is 342 g/mol. The van der Waals surface area contributed by atoms with Gasteiger partial charge in [-0.05, 0) is 36.8 Å². The van der Waals surface area contributed by atoms with Gasteiger partial charge in [0.05, 0.1) is 6.54 Å². The summed E-state index contributed by atoms with van der Waals surface area (Å²) < 4.78 is 0. The molecule has 2 amide bonds. The van der Waals surface area contributed by atoms with Crippen molar-refractivity contribution in [3.8, 4) is 0 Å². The van der Waals surface area contributed by atoms with Crippen molar-refractivity contribution < 1.29 is 9.59 Å². The summed E-state index contributed by atoms with van der Waals surface area (Å²) in [6, 6.07) is 7.06. The Labute approximate surface area is 157 Å². The molecule has 1 aromatic heterocycles. The van der Waals surface area contributed by atoms with Crippen molar-refractivity contribution in [2.45, 2.75) is 32.1 Å². The average Bonchev–Trinajstić information content (AvgIpc) is 2.72. The molecule has 2 heterocycles. The number of benzene rings is 1. The number of hydrogen-bond acceptors (Lipinski definition) is 3. The zero-order valence-electron chi connectivity index (χ0n) is 15.4. The van der Waals surface area contributed by atoms with Gasteiger partial charge < -0.3 is 15.2 Å². The SMILES string of the molecule is O=C(NCC(=O)N1CC[C@H]2CCCC[C@H]2C1)c1c[nH]c2ccccc2c1=O. The molecule has 6 nitrogen and oxygen atoms in total. The predicted molar refractivity (Wildman–Crippen MR) is 104 cm³/mol. The molecule has 0 unspecified atom stereocenters. The van der Waals surface area contributed by atoms with Crippen LogP contribution in [-0.2, 0) is 4.79 Å². The highest BCUT2D eigenvalue weighted by Gasteiger charge is 2.32. The van der Waals surface area contributed by atoms with Crippen molar-refractivity contribution >= 4 is 22.7 Å². The Morgan fingerprint density at radius 3 is 2.74 bits per heavy atom. The molecule has 142 valence electrons. The maximum Gasteiger partial charge on any atom is 0.257 e. The number of aromatic nitrogens is 1. The Morgan fingerprint density at radius 2 is 1.89 bits per heavy atom. The van der Waals surface area contributed by atoms with Gasteiger partial charge in [-0.3, -0.25) is 14.4 Å². The second kappa shape index (κ2) is 7.55. The number of rotatable bonds is 3. The minimum absolute atomic E-state index is 0.0347. The number of para-hydroxylation sites is 1. The van der Waals surface area contributed by atoms with Crippen LogP contribution in [0, 0.1) is 11.8 Å². The molecule has 2 fully saturated rings. The first-order valence-electron chi connectivity index (χ1n) is 9.80. The van der Waals surface area contributed by atoms with E-state index >= 15 is 0 Å². The molecule has 1 aromatic carbocycles. The zero-order valence-corrected chi connectivity index (χ0v) is 15.4. The van der Waals surface area contributed by atoms with Crippen molar-refractivity contribution in [3.05, 3.63) is 46.2 Å². The molecule has 0 radical (unpaired) electrons. The van der Waals surface area contributed by atoms with Gasteiger partial charge in [-0.25, -0.2) is 0 Å². The number of fused-ring (bicyclic) bond motifs is 2. The van der Waals surface area contributed by atoms with E-state index in [0.717, 1.165) is 25.4 Å². The maximum absolute atomic E-state index is 12.5. The lowest BCUT2D eigenvalue weighted by atomic mass is 9.75. The number of nitrogens with zero attached hydrogens (tertiary/aromatic N) is 1. The van der Waals surface area contributed by atoms with Gasteiger partial charge in [0.1, 0.15) is 5.56 Å². The summed E-state index contributed by atoms with van der Waals surface area (Å²) in [6.07, 6.45) is 7.53. The summed E-state index contributed by atoms with van der Waals surface area (Å²) in [4.78, 5) is 42.3. The third-order valence-corrected chi connectivity index (χ3v) is 6.08. The molecule has 4 rings (SSSR count). The molecule has 1 saturated heterocycles. The summed E-state index contributed by atoms with van der Waals surface area (Å²) in [7, 11) is 0. The van der Waals surface area contributed by atoms with Crippen molar-refractivity contribution in [1.82, 2.24) is 15.2 Å². The summed E-state index contributed by atoms with van der Waals surface area (Å²) in [5.74, 6) is 0.788. The molecule has 1 aliphatic heterocycles. The van der Waals surface area contributed by atoms with Gasteiger partial charge >= 0.3 is 0 Å². The van der Waals surface area contributed by atoms with E-state index < -0.39 is 5.91 Å². The standard InChI is InChI=1S/C21H25N3O3/c25-19(24-10-9-14-5-1-2-6-15(14)13-24)12-23-21(27)17-11-22-18-8-4-3-7-16(18)20(17)26/h3-4,7-8,11,14-15H,1-2,5-6,9-10,12-13H2,(H,22,26)(H,23,27)/t14-,15+/m1/s1. The minimum atomic E-state index is -0.511. The molecule has 0 bridgehead atoms. The van der Waals surface area contributed by atoms with Crippen LogP contribution in [-0.4, -0.2) is 41.3 Å². The number of pyridine rings is 1. The highest BCUT2D eigenvalue weighted by Crippen LogP contribution is 2.35. The van der Waals surface area contributed by atoms with E-state index in [0.29, 0.717) is 16.8 Å². The number of piperidine rings is 1. The highest BCUT2D eigenvalue weighted by molar-refractivity contribution is 5.98. The zero-order chi connectivity index (χ0) is 18.8. The fraction of sp³-hybridized carbons (Fsp3) is 0.476. The van der Waals surface area contributed by atoms with E-state index in [1.54, 1.807) is 18.2 Å². The van der Waals surface area contributed by atoms with Gasteiger partial charge in [-0.1, -0.05) is 31.4 Å². The van der Waals surface area contributed by atoms with E-state index in [-0.39, 0.29) is 23.4 Å². The number of carbonyl (C=O) groups is 2. The van der Waals surface area contributed by atoms with Gasteiger partial charge in [0, 0.05) is 30.2 Å². The van der Waals surface area contributed by atoms with Gasteiger partial charge in [0.25, 0.3) is 5.91 Å². The monoisotopic (exact) mass is 367 g/mol. The number of carbonyl (C=O) groups excluding carboxylic acids is 2. The van der Waals surface area contributed by atoms with Crippen LogP contribution in [0.3, 0.4) is 0 Å². The molecule has 2 aromatic rings. The van der Waals surface area contributed by atoms with Crippen molar-refractivity contribution in [1.29, 1.82) is 0 Å². The van der Waals surface area contributed by atoms with Crippen LogP contribution in [0.4, 0.5) is 0 Å². The second-order valence-electron chi connectivity index (χ2n) is 7.69. The largest absolute Gasteiger partial charge is 0.360 e. The fourth-order valence-electron chi connectivity index (χ4n) is 4.53. The summed E-state index contributed by atoms with van der Waals surface area (Å²) >= 11 is 0. The third-order valence-electron chi connectivity index (χ3n) is 6.08. The van der Waals surface area contributed by atoms with Crippen LogP contribution >= 0.6 is 0 Å². The first kappa shape index (κ1) is 17.8. The molecule has 6 heteroatoms. The lowest BCUT2D eigenvalue weighted by Gasteiger charge is -2.41. The Hall–Kier alpha value is -2.63. The van der Waals surface area contributed by atoms with Crippen LogP contribution in [0.2, 0.25) is 0 Å². The minimum Gasteiger partial charge on any atom is -0.360 e. The van der Waals surface area contributed by atoms with Crippen LogP contribution in [0.15, 0.2) is 35.3 Å². The van der Waals surface area contributed by atoms with Gasteiger partial charge in [-0.15, -0.1) is 0 Å². The van der Waals surface area contributed by atoms with Gasteiger partial charge in [0.2, 0.25) is 11.3 Å². The van der Waals surface area contributed by atoms with Gasteiger partial charge in [-0.2, -0.15) is 0 Å². The lowest BCUT2D eigenvalue weighted by molar-refractivity contribution is -0.133. The van der Waals surface area contributed by atoms with E-state index in [1.807, 2.05) is 11.0 Å². The first-order chi connectivity index (χ1) is 13.1. The summed E-state index contributed by atoms with van der Waals surface area (Å²) in [5.41, 5.74) is 0.398. The van der Waals surface area contributed by atoms with Crippen LogP contribution in [0.1, 0.15) is 42.5 Å². The highest BCUT2D eigenvalue weighted by atomic mass is 16.2. The molecule has 2 atom stereocenters. The molecule has 1 aliphatic carbocycles. The quantitative estimate of drug-likeness (QED) is 0.873. The van der Waals surface area contributed by atoms with E-state index in [4.69, 9.17) is 0 Å². The Kier molecular flexibility index (Phi) is 4.97. The third kappa shape index (κ3) is 3.61. The number of nitrogens with one attached hydrogen (secondary N) is 2. The molecule has 1 saturated carbocycles. The van der Waals surface area contributed by atoms with E-state index in [1.165, 1.54) is 31.9 Å². The topological polar surface area (TPSA) is 82.3 Å². The van der Waals surface area contributed by atoms with Crippen molar-refractivity contribution in [2.24, 2.45) is 11.8 Å². The number of amides is 2. The molecule has 27 heavy (non-hydrogen) atoms. The first-order valence-corrected chi connectivity index (χ1v) is 9.80. The molecule has 2 aliphatic rings. The number of aromatic amines is 1. The normalized spacial score (nSPS) is 22.3. The Morgan fingerprint density at radius 1 is 1.11 bits per heavy atom. The second-order valence-corrected chi connectivity index (χ2v) is 7.69. The summed E-state index contributed by atoms with van der Waals surface area (Å²) in [6.45, 7) is 1.50. The molecule has 2 N–H and O–H groups in total. The summed E-state index contributed by atoms with van der Waals surface area (Å²) in [5, 5.41) is 3.09. The van der Waals surface area contributed by atoms with Gasteiger partial charge in [0.15, 0.2) is 0 Å².